The molecule has 0 fully saturated rings. The third-order valence-corrected chi connectivity index (χ3v) is 5.21. The molecule has 0 aromatic heterocycles. The maximum absolute atomic E-state index is 12.2. The van der Waals surface area contributed by atoms with Gasteiger partial charge >= 0.3 is 5.97 Å². The highest BCUT2D eigenvalue weighted by atomic mass is 32.2. The minimum atomic E-state index is -3.74. The lowest BCUT2D eigenvalue weighted by Crippen LogP contribution is -2.30. The third kappa shape index (κ3) is 6.88. The van der Waals surface area contributed by atoms with Gasteiger partial charge in [-0.15, -0.1) is 0 Å². The Morgan fingerprint density at radius 3 is 2.38 bits per heavy atom. The lowest BCUT2D eigenvalue weighted by Gasteiger charge is -2.11. The fourth-order valence-electron chi connectivity index (χ4n) is 2.38. The van der Waals surface area contributed by atoms with Crippen molar-refractivity contribution in [2.75, 3.05) is 18.5 Å². The summed E-state index contributed by atoms with van der Waals surface area (Å²) < 4.78 is 37.2. The summed E-state index contributed by atoms with van der Waals surface area (Å²) in [6, 6.07) is 11.9. The average Bonchev–Trinajstić information content (AvgIpc) is 2.67. The minimum Gasteiger partial charge on any atom is -0.494 e. The van der Waals surface area contributed by atoms with Gasteiger partial charge in [0.2, 0.25) is 10.0 Å². The number of ether oxygens (including phenoxy) is 2. The summed E-state index contributed by atoms with van der Waals surface area (Å²) in [5.41, 5.74) is 0.563. The van der Waals surface area contributed by atoms with E-state index in [9.17, 15) is 18.0 Å². The molecule has 8 nitrogen and oxygen atoms in total. The van der Waals surface area contributed by atoms with E-state index in [0.717, 1.165) is 0 Å². The van der Waals surface area contributed by atoms with Gasteiger partial charge in [-0.2, -0.15) is 0 Å². The Bertz CT molecular complexity index is 955. The number of carbonyl (C=O) groups is 2. The summed E-state index contributed by atoms with van der Waals surface area (Å²) >= 11 is 0. The average molecular weight is 420 g/mol. The molecular weight excluding hydrogens is 396 g/mol. The molecule has 0 aliphatic heterocycles. The van der Waals surface area contributed by atoms with Gasteiger partial charge < -0.3 is 14.8 Å². The topological polar surface area (TPSA) is 111 Å². The van der Waals surface area contributed by atoms with Crippen molar-refractivity contribution >= 4 is 27.6 Å². The first kappa shape index (κ1) is 22.4. The lowest BCUT2D eigenvalue weighted by molar-refractivity contribution is -0.119. The summed E-state index contributed by atoms with van der Waals surface area (Å²) in [7, 11) is -3.74. The highest BCUT2D eigenvalue weighted by Crippen LogP contribution is 2.16. The Morgan fingerprint density at radius 1 is 1.07 bits per heavy atom. The molecule has 29 heavy (non-hydrogen) atoms. The van der Waals surface area contributed by atoms with Gasteiger partial charge in [0.15, 0.2) is 6.61 Å². The zero-order valence-corrected chi connectivity index (χ0v) is 17.3. The van der Waals surface area contributed by atoms with Gasteiger partial charge in [0.05, 0.1) is 17.1 Å². The Balaban J connectivity index is 1.95. The van der Waals surface area contributed by atoms with Crippen molar-refractivity contribution in [1.82, 2.24) is 4.72 Å². The van der Waals surface area contributed by atoms with Crippen molar-refractivity contribution in [3.8, 4) is 5.75 Å². The van der Waals surface area contributed by atoms with Crippen molar-refractivity contribution < 1.29 is 27.5 Å². The van der Waals surface area contributed by atoms with Crippen molar-refractivity contribution in [1.29, 1.82) is 0 Å². The van der Waals surface area contributed by atoms with Gasteiger partial charge in [-0.25, -0.2) is 17.9 Å². The second-order valence-electron chi connectivity index (χ2n) is 6.39. The molecule has 0 spiro atoms. The quantitative estimate of drug-likeness (QED) is 0.603. The van der Waals surface area contributed by atoms with E-state index in [1.165, 1.54) is 24.3 Å². The number of benzene rings is 2. The van der Waals surface area contributed by atoms with E-state index in [2.05, 4.69) is 10.0 Å². The van der Waals surface area contributed by atoms with Gasteiger partial charge in [0.1, 0.15) is 5.75 Å². The molecule has 0 saturated carbocycles. The molecule has 2 aromatic rings. The highest BCUT2D eigenvalue weighted by Gasteiger charge is 2.18. The molecule has 0 aliphatic carbocycles. The number of carbonyl (C=O) groups excluding carboxylic acids is 2. The summed E-state index contributed by atoms with van der Waals surface area (Å²) in [5, 5.41) is 2.60. The molecule has 0 heterocycles. The molecule has 0 saturated heterocycles. The largest absolute Gasteiger partial charge is 0.494 e. The molecule has 9 heteroatoms. The van der Waals surface area contributed by atoms with E-state index < -0.39 is 28.5 Å². The van der Waals surface area contributed by atoms with Gasteiger partial charge in [0.25, 0.3) is 5.91 Å². The van der Waals surface area contributed by atoms with Gasteiger partial charge in [-0.1, -0.05) is 6.07 Å². The van der Waals surface area contributed by atoms with E-state index in [-0.39, 0.29) is 16.5 Å². The Hall–Kier alpha value is -2.91. The van der Waals surface area contributed by atoms with Gasteiger partial charge in [-0.05, 0) is 63.2 Å². The zero-order chi connectivity index (χ0) is 21.4. The Labute approximate surface area is 170 Å². The summed E-state index contributed by atoms with van der Waals surface area (Å²) in [5.74, 6) is -0.639. The molecular formula is C20H24N2O6S. The number of hydrogen-bond donors (Lipinski definition) is 2. The van der Waals surface area contributed by atoms with Crippen LogP contribution in [0.1, 0.15) is 31.1 Å². The molecule has 2 N–H and O–H groups in total. The van der Waals surface area contributed by atoms with Crippen LogP contribution in [0.15, 0.2) is 53.4 Å². The first-order valence-electron chi connectivity index (χ1n) is 9.03. The highest BCUT2D eigenvalue weighted by molar-refractivity contribution is 7.89. The lowest BCUT2D eigenvalue weighted by atomic mass is 10.2. The summed E-state index contributed by atoms with van der Waals surface area (Å²) in [6.45, 7) is 5.29. The van der Waals surface area contributed by atoms with E-state index in [1.807, 2.05) is 6.92 Å². The van der Waals surface area contributed by atoms with Crippen LogP contribution in [0.25, 0.3) is 0 Å². The molecule has 0 radical (unpaired) electrons. The molecule has 0 atom stereocenters. The number of nitrogens with one attached hydrogen (secondary N) is 2. The van der Waals surface area contributed by atoms with E-state index in [4.69, 9.17) is 9.47 Å². The Morgan fingerprint density at radius 2 is 1.76 bits per heavy atom. The molecule has 2 aromatic carbocycles. The zero-order valence-electron chi connectivity index (χ0n) is 16.5. The first-order chi connectivity index (χ1) is 13.7. The van der Waals surface area contributed by atoms with Crippen molar-refractivity contribution in [3.05, 3.63) is 54.1 Å². The van der Waals surface area contributed by atoms with Crippen LogP contribution in [0.2, 0.25) is 0 Å². The number of amides is 1. The van der Waals surface area contributed by atoms with Crippen LogP contribution >= 0.6 is 0 Å². The van der Waals surface area contributed by atoms with Crippen molar-refractivity contribution in [2.24, 2.45) is 0 Å². The molecule has 2 rings (SSSR count). The summed E-state index contributed by atoms with van der Waals surface area (Å²) in [6.07, 6.45) is 0. The standard InChI is InChI=1S/C20H24N2O6S/c1-4-27-17-10-8-16(9-11-17)21-19(23)13-28-20(24)15-6-5-7-18(12-15)29(25,26)22-14(2)3/h5-12,14,22H,4,13H2,1-3H3,(H,21,23). The number of sulfonamides is 1. The second-order valence-corrected chi connectivity index (χ2v) is 8.10. The monoisotopic (exact) mass is 420 g/mol. The maximum Gasteiger partial charge on any atom is 0.338 e. The van der Waals surface area contributed by atoms with Crippen LogP contribution in [-0.2, 0) is 19.6 Å². The van der Waals surface area contributed by atoms with Crippen LogP contribution < -0.4 is 14.8 Å². The van der Waals surface area contributed by atoms with Crippen LogP contribution in [0.4, 0.5) is 5.69 Å². The smallest absolute Gasteiger partial charge is 0.338 e. The van der Waals surface area contributed by atoms with Crippen molar-refractivity contribution in [2.45, 2.75) is 31.7 Å². The van der Waals surface area contributed by atoms with Crippen molar-refractivity contribution in [3.63, 3.8) is 0 Å². The third-order valence-electron chi connectivity index (χ3n) is 3.55. The van der Waals surface area contributed by atoms with Crippen LogP contribution in [0.5, 0.6) is 5.75 Å². The van der Waals surface area contributed by atoms with Crippen LogP contribution in [-0.4, -0.2) is 39.5 Å². The van der Waals surface area contributed by atoms with E-state index in [0.29, 0.717) is 18.0 Å². The predicted octanol–water partition coefficient (Wildman–Crippen LogP) is 2.57. The summed E-state index contributed by atoms with van der Waals surface area (Å²) in [4.78, 5) is 24.1. The van der Waals surface area contributed by atoms with Gasteiger partial charge in [0, 0.05) is 11.7 Å². The molecule has 0 aliphatic rings. The van der Waals surface area contributed by atoms with Gasteiger partial charge in [-0.3, -0.25) is 4.79 Å². The predicted molar refractivity (Wildman–Crippen MR) is 108 cm³/mol. The fraction of sp³-hybridized carbons (Fsp3) is 0.300. The molecule has 1 amide bonds. The number of esters is 1. The number of hydrogen-bond acceptors (Lipinski definition) is 6. The van der Waals surface area contributed by atoms with Crippen LogP contribution in [0, 0.1) is 0 Å². The van der Waals surface area contributed by atoms with E-state index >= 15 is 0 Å². The molecule has 0 unspecified atom stereocenters. The molecule has 156 valence electrons. The maximum atomic E-state index is 12.2. The fourth-order valence-corrected chi connectivity index (χ4v) is 3.68. The first-order valence-corrected chi connectivity index (χ1v) is 10.5. The minimum absolute atomic E-state index is 0.0329. The second kappa shape index (κ2) is 10.0. The van der Waals surface area contributed by atoms with E-state index in [1.54, 1.807) is 38.1 Å². The molecule has 0 bridgehead atoms. The SMILES string of the molecule is CCOc1ccc(NC(=O)COC(=O)c2cccc(S(=O)(=O)NC(C)C)c2)cc1. The Kier molecular flexibility index (Phi) is 7.74. The number of rotatable bonds is 9. The van der Waals surface area contributed by atoms with Crippen LogP contribution in [0.3, 0.4) is 0 Å². The normalized spacial score (nSPS) is 11.2. The number of anilines is 1.